The monoisotopic (exact) mass is 250 g/mol. The molecule has 2 N–H and O–H groups in total. The van der Waals surface area contributed by atoms with Crippen molar-refractivity contribution in [2.24, 2.45) is 11.3 Å². The number of carboxylic acids is 1. The van der Waals surface area contributed by atoms with Crippen LogP contribution in [0.5, 0.6) is 0 Å². The van der Waals surface area contributed by atoms with Crippen molar-refractivity contribution in [3.05, 3.63) is 36.0 Å². The SMILES string of the molecule is C=C1C[C@@H](O)CC(C)(C)[C@@H]1C=CC(C)=CC(=O)O. The van der Waals surface area contributed by atoms with Gasteiger partial charge in [0.2, 0.25) is 0 Å². The van der Waals surface area contributed by atoms with Gasteiger partial charge in [-0.1, -0.05) is 38.2 Å². The van der Waals surface area contributed by atoms with Crippen LogP contribution in [0.25, 0.3) is 0 Å². The summed E-state index contributed by atoms with van der Waals surface area (Å²) in [6.45, 7) is 10.0. The van der Waals surface area contributed by atoms with E-state index in [0.717, 1.165) is 12.0 Å². The summed E-state index contributed by atoms with van der Waals surface area (Å²) in [6.07, 6.45) is 6.06. The average Bonchev–Trinajstić information content (AvgIpc) is 2.12. The molecule has 1 aliphatic carbocycles. The van der Waals surface area contributed by atoms with E-state index in [1.54, 1.807) is 6.92 Å². The van der Waals surface area contributed by atoms with Crippen molar-refractivity contribution in [2.45, 2.75) is 39.7 Å². The highest BCUT2D eigenvalue weighted by molar-refractivity contribution is 5.81. The first-order valence-corrected chi connectivity index (χ1v) is 6.17. The second-order valence-electron chi connectivity index (χ2n) is 5.77. The van der Waals surface area contributed by atoms with E-state index in [9.17, 15) is 9.90 Å². The standard InChI is InChI=1S/C15H22O3/c1-10(7-14(17)18)5-6-13-11(2)8-12(16)9-15(13,3)4/h5-7,12-13,16H,2,8-9H2,1,3-4H3,(H,17,18)/t12-,13-/m1/s1. The van der Waals surface area contributed by atoms with Crippen molar-refractivity contribution in [2.75, 3.05) is 0 Å². The fraction of sp³-hybridized carbons (Fsp3) is 0.533. The summed E-state index contributed by atoms with van der Waals surface area (Å²) >= 11 is 0. The van der Waals surface area contributed by atoms with Crippen LogP contribution in [0.2, 0.25) is 0 Å². The summed E-state index contributed by atoms with van der Waals surface area (Å²) in [5.41, 5.74) is 1.67. The Morgan fingerprint density at radius 3 is 2.61 bits per heavy atom. The van der Waals surface area contributed by atoms with Crippen LogP contribution in [0.3, 0.4) is 0 Å². The Bertz CT molecular complexity index is 402. The number of aliphatic hydroxyl groups is 1. The molecule has 1 saturated carbocycles. The summed E-state index contributed by atoms with van der Waals surface area (Å²) < 4.78 is 0. The van der Waals surface area contributed by atoms with Gasteiger partial charge in [0.15, 0.2) is 0 Å². The van der Waals surface area contributed by atoms with Gasteiger partial charge in [0, 0.05) is 12.0 Å². The molecule has 18 heavy (non-hydrogen) atoms. The number of hydrogen-bond acceptors (Lipinski definition) is 2. The van der Waals surface area contributed by atoms with Gasteiger partial charge in [-0.05, 0) is 30.8 Å². The van der Waals surface area contributed by atoms with E-state index in [1.165, 1.54) is 6.08 Å². The highest BCUT2D eigenvalue weighted by Gasteiger charge is 2.36. The first kappa shape index (κ1) is 14.7. The summed E-state index contributed by atoms with van der Waals surface area (Å²) in [5.74, 6) is -0.757. The number of allylic oxidation sites excluding steroid dienone is 3. The summed E-state index contributed by atoms with van der Waals surface area (Å²) in [5, 5.41) is 18.4. The Morgan fingerprint density at radius 2 is 2.11 bits per heavy atom. The van der Waals surface area contributed by atoms with Crippen LogP contribution in [0, 0.1) is 11.3 Å². The lowest BCUT2D eigenvalue weighted by Crippen LogP contribution is -2.35. The van der Waals surface area contributed by atoms with E-state index in [4.69, 9.17) is 5.11 Å². The lowest BCUT2D eigenvalue weighted by molar-refractivity contribution is -0.131. The zero-order chi connectivity index (χ0) is 13.9. The molecule has 3 heteroatoms. The van der Waals surface area contributed by atoms with E-state index in [1.807, 2.05) is 12.2 Å². The van der Waals surface area contributed by atoms with Crippen molar-refractivity contribution >= 4 is 5.97 Å². The Hall–Kier alpha value is -1.35. The van der Waals surface area contributed by atoms with E-state index in [0.29, 0.717) is 12.0 Å². The Morgan fingerprint density at radius 1 is 1.50 bits per heavy atom. The number of carboxylic acid groups (broad SMARTS) is 1. The zero-order valence-electron chi connectivity index (χ0n) is 11.3. The molecule has 0 aromatic rings. The third-order valence-electron chi connectivity index (χ3n) is 3.44. The molecule has 3 nitrogen and oxygen atoms in total. The summed E-state index contributed by atoms with van der Waals surface area (Å²) in [7, 11) is 0. The van der Waals surface area contributed by atoms with Crippen molar-refractivity contribution in [3.8, 4) is 0 Å². The van der Waals surface area contributed by atoms with Crippen molar-refractivity contribution in [1.82, 2.24) is 0 Å². The van der Waals surface area contributed by atoms with E-state index in [2.05, 4.69) is 20.4 Å². The molecule has 0 unspecified atom stereocenters. The minimum Gasteiger partial charge on any atom is -0.478 e. The molecule has 0 heterocycles. The lowest BCUT2D eigenvalue weighted by atomic mass is 9.65. The second kappa shape index (κ2) is 5.53. The van der Waals surface area contributed by atoms with Crippen LogP contribution in [0.1, 0.15) is 33.6 Å². The quantitative estimate of drug-likeness (QED) is 0.460. The molecule has 0 amide bonds. The molecule has 1 rings (SSSR count). The van der Waals surface area contributed by atoms with E-state index in [-0.39, 0.29) is 17.4 Å². The predicted octanol–water partition coefficient (Wildman–Crippen LogP) is 2.93. The second-order valence-corrected chi connectivity index (χ2v) is 5.77. The predicted molar refractivity (Wildman–Crippen MR) is 72.2 cm³/mol. The maximum atomic E-state index is 10.5. The van der Waals surface area contributed by atoms with Gasteiger partial charge < -0.3 is 10.2 Å². The average molecular weight is 250 g/mol. The normalized spacial score (nSPS) is 28.7. The molecule has 0 aromatic heterocycles. The van der Waals surface area contributed by atoms with Gasteiger partial charge in [-0.2, -0.15) is 0 Å². The molecule has 2 atom stereocenters. The minimum atomic E-state index is -0.936. The smallest absolute Gasteiger partial charge is 0.328 e. The maximum absolute atomic E-state index is 10.5. The summed E-state index contributed by atoms with van der Waals surface area (Å²) in [6, 6.07) is 0. The van der Waals surface area contributed by atoms with E-state index < -0.39 is 5.97 Å². The molecule has 1 fully saturated rings. The third-order valence-corrected chi connectivity index (χ3v) is 3.44. The number of hydrogen-bond donors (Lipinski definition) is 2. The zero-order valence-corrected chi connectivity index (χ0v) is 11.3. The molecule has 0 aliphatic heterocycles. The van der Waals surface area contributed by atoms with Gasteiger partial charge >= 0.3 is 5.97 Å². The Kier molecular flexibility index (Phi) is 4.52. The van der Waals surface area contributed by atoms with Crippen molar-refractivity contribution < 1.29 is 15.0 Å². The first-order valence-electron chi connectivity index (χ1n) is 6.17. The minimum absolute atomic E-state index is 0.0469. The van der Waals surface area contributed by atoms with Crippen LogP contribution in [0.15, 0.2) is 36.0 Å². The molecule has 100 valence electrons. The van der Waals surface area contributed by atoms with Crippen LogP contribution in [0.4, 0.5) is 0 Å². The molecular formula is C15H22O3. The molecular weight excluding hydrogens is 228 g/mol. The molecule has 0 saturated heterocycles. The van der Waals surface area contributed by atoms with Crippen LogP contribution < -0.4 is 0 Å². The molecule has 0 aromatic carbocycles. The maximum Gasteiger partial charge on any atom is 0.328 e. The number of carbonyl (C=O) groups is 1. The van der Waals surface area contributed by atoms with Crippen LogP contribution in [-0.2, 0) is 4.79 Å². The van der Waals surface area contributed by atoms with Crippen LogP contribution >= 0.6 is 0 Å². The molecule has 0 spiro atoms. The van der Waals surface area contributed by atoms with Gasteiger partial charge in [0.1, 0.15) is 0 Å². The van der Waals surface area contributed by atoms with Gasteiger partial charge in [-0.15, -0.1) is 0 Å². The fourth-order valence-electron chi connectivity index (χ4n) is 2.68. The molecule has 0 bridgehead atoms. The van der Waals surface area contributed by atoms with Gasteiger partial charge in [-0.25, -0.2) is 4.79 Å². The Labute approximate surface area is 109 Å². The Balaban J connectivity index is 2.85. The van der Waals surface area contributed by atoms with Crippen LogP contribution in [-0.4, -0.2) is 22.3 Å². The van der Waals surface area contributed by atoms with Crippen molar-refractivity contribution in [3.63, 3.8) is 0 Å². The van der Waals surface area contributed by atoms with Gasteiger partial charge in [-0.3, -0.25) is 0 Å². The molecule has 0 radical (unpaired) electrons. The van der Waals surface area contributed by atoms with Gasteiger partial charge in [0.05, 0.1) is 6.10 Å². The lowest BCUT2D eigenvalue weighted by Gasteiger charge is -2.41. The number of aliphatic hydroxyl groups excluding tert-OH is 1. The largest absolute Gasteiger partial charge is 0.478 e. The highest BCUT2D eigenvalue weighted by Crippen LogP contribution is 2.43. The highest BCUT2D eigenvalue weighted by atomic mass is 16.4. The number of rotatable bonds is 3. The number of aliphatic carboxylic acids is 1. The van der Waals surface area contributed by atoms with Crippen molar-refractivity contribution in [1.29, 1.82) is 0 Å². The fourth-order valence-corrected chi connectivity index (χ4v) is 2.68. The molecule has 1 aliphatic rings. The van der Waals surface area contributed by atoms with Gasteiger partial charge in [0.25, 0.3) is 0 Å². The topological polar surface area (TPSA) is 57.5 Å². The third kappa shape index (κ3) is 3.84. The first-order chi connectivity index (χ1) is 8.22. The summed E-state index contributed by atoms with van der Waals surface area (Å²) in [4.78, 5) is 10.5. The van der Waals surface area contributed by atoms with E-state index >= 15 is 0 Å².